The van der Waals surface area contributed by atoms with Gasteiger partial charge in [0.1, 0.15) is 0 Å². The van der Waals surface area contributed by atoms with E-state index in [0.717, 1.165) is 12.8 Å². The van der Waals surface area contributed by atoms with Crippen LogP contribution in [0.5, 0.6) is 0 Å². The summed E-state index contributed by atoms with van der Waals surface area (Å²) in [5.74, 6) is 0. The molecule has 0 atom stereocenters. The number of benzene rings is 4. The first-order valence-corrected chi connectivity index (χ1v) is 14.3. The Morgan fingerprint density at radius 3 is 1.38 bits per heavy atom. The van der Waals surface area contributed by atoms with Crippen LogP contribution in [0, 0.1) is 27.0 Å². The molecule has 2 heteroatoms. The second kappa shape index (κ2) is 11.7. The summed E-state index contributed by atoms with van der Waals surface area (Å²) in [5.41, 5.74) is 8.14. The fourth-order valence-electron chi connectivity index (χ4n) is 4.31. The van der Waals surface area contributed by atoms with E-state index in [1.807, 2.05) is 0 Å². The molecule has 0 aliphatic heterocycles. The van der Waals surface area contributed by atoms with Crippen molar-refractivity contribution in [3.63, 3.8) is 0 Å². The van der Waals surface area contributed by atoms with E-state index in [0.29, 0.717) is 0 Å². The molecule has 160 valence electrons. The molecule has 32 heavy (non-hydrogen) atoms. The topological polar surface area (TPSA) is 0 Å². The zero-order valence-electron chi connectivity index (χ0n) is 19.3. The average Bonchev–Trinajstić information content (AvgIpc) is 3.37. The molecule has 0 bridgehead atoms. The van der Waals surface area contributed by atoms with Gasteiger partial charge in [0.2, 0.25) is 0 Å². The Balaban J connectivity index is 0.000000199. The molecule has 0 N–H and O–H groups in total. The first kappa shape index (κ1) is 26.2. The van der Waals surface area contributed by atoms with Crippen LogP contribution in [0.3, 0.4) is 0 Å². The molecule has 0 aromatic heterocycles. The first-order chi connectivity index (χ1) is 14.7. The van der Waals surface area contributed by atoms with Crippen LogP contribution in [0.4, 0.5) is 0 Å². The summed E-state index contributed by atoms with van der Waals surface area (Å²) in [7, 11) is 0. The molecule has 2 radical (unpaired) electrons. The van der Waals surface area contributed by atoms with Crippen LogP contribution in [-0.4, -0.2) is 6.88 Å². The van der Waals surface area contributed by atoms with Crippen LogP contribution in [0.1, 0.15) is 36.1 Å². The van der Waals surface area contributed by atoms with Crippen LogP contribution in [0.2, 0.25) is 0 Å². The third kappa shape index (κ3) is 5.30. The molecule has 0 fully saturated rings. The normalized spacial score (nSPS) is 12.5. The van der Waals surface area contributed by atoms with Crippen LogP contribution in [0.25, 0.3) is 21.5 Å². The molecule has 2 aliphatic rings. The maximum absolute atomic E-state index is 3.46. The summed E-state index contributed by atoms with van der Waals surface area (Å²) in [4.78, 5) is 0. The van der Waals surface area contributed by atoms with Gasteiger partial charge in [-0.15, -0.1) is 57.3 Å². The third-order valence-electron chi connectivity index (χ3n) is 5.62. The third-order valence-corrected chi connectivity index (χ3v) is 5.62. The van der Waals surface area contributed by atoms with Crippen molar-refractivity contribution in [1.82, 2.24) is 0 Å². The molecular formula is C30H28SiZr-4. The Kier molecular flexibility index (Phi) is 9.62. The summed E-state index contributed by atoms with van der Waals surface area (Å²) in [6, 6.07) is 25.9. The van der Waals surface area contributed by atoms with E-state index in [4.69, 9.17) is 0 Å². The average molecular weight is 508 g/mol. The van der Waals surface area contributed by atoms with Crippen LogP contribution in [-0.2, 0) is 36.2 Å². The van der Waals surface area contributed by atoms with E-state index in [2.05, 4.69) is 106 Å². The second-order valence-electron chi connectivity index (χ2n) is 7.81. The molecule has 0 saturated carbocycles. The molecule has 0 heterocycles. The Labute approximate surface area is 210 Å². The van der Waals surface area contributed by atoms with Crippen molar-refractivity contribution in [2.24, 2.45) is 0 Å². The molecule has 0 saturated heterocycles. The van der Waals surface area contributed by atoms with E-state index in [1.165, 1.54) is 78.3 Å². The molecule has 6 rings (SSSR count). The quantitative estimate of drug-likeness (QED) is 0.171. The summed E-state index contributed by atoms with van der Waals surface area (Å²) < 4.78 is 0. The van der Waals surface area contributed by atoms with Crippen molar-refractivity contribution in [3.8, 4) is 0 Å². The number of hydrogen-bond acceptors (Lipinski definition) is 0. The predicted octanol–water partition coefficient (Wildman–Crippen LogP) is 7.50. The van der Waals surface area contributed by atoms with E-state index in [9.17, 15) is 0 Å². The van der Waals surface area contributed by atoms with Crippen LogP contribution in [0.15, 0.2) is 83.9 Å². The van der Waals surface area contributed by atoms with Crippen molar-refractivity contribution >= 4 is 28.4 Å². The van der Waals surface area contributed by atoms with Crippen molar-refractivity contribution in [2.45, 2.75) is 26.7 Å². The van der Waals surface area contributed by atoms with Crippen LogP contribution >= 0.6 is 0 Å². The minimum absolute atomic E-state index is 0. The summed E-state index contributed by atoms with van der Waals surface area (Å²) in [5, 5.41) is 5.30. The summed E-state index contributed by atoms with van der Waals surface area (Å²) in [6.07, 6.45) is 9.05. The maximum atomic E-state index is 3.46. The van der Waals surface area contributed by atoms with Gasteiger partial charge in [0, 0.05) is 0 Å². The van der Waals surface area contributed by atoms with Gasteiger partial charge in [-0.2, -0.15) is 23.3 Å². The van der Waals surface area contributed by atoms with Crippen molar-refractivity contribution in [2.75, 3.05) is 0 Å². The number of fused-ring (bicyclic) bond motifs is 6. The van der Waals surface area contributed by atoms with Gasteiger partial charge < -0.3 is 14.9 Å². The SMILES string of the molecule is CC1=[C-]c2c(ccc3ccccc23)C1.CC1=[C-]c2c(ccc3ccccc23)C1.[CH3-].[CH3-].[Si]=[Zr]. The Bertz CT molecular complexity index is 1200. The fraction of sp³-hybridized carbons (Fsp3) is 0.133. The van der Waals surface area contributed by atoms with E-state index < -0.39 is 0 Å². The zero-order chi connectivity index (χ0) is 21.1. The van der Waals surface area contributed by atoms with E-state index in [1.54, 1.807) is 0 Å². The minimum atomic E-state index is 0. The second-order valence-corrected chi connectivity index (χ2v) is 7.81. The van der Waals surface area contributed by atoms with E-state index >= 15 is 0 Å². The van der Waals surface area contributed by atoms with Crippen molar-refractivity contribution < 1.29 is 23.3 Å². The van der Waals surface area contributed by atoms with Gasteiger partial charge in [-0.1, -0.05) is 86.0 Å². The zero-order valence-corrected chi connectivity index (χ0v) is 22.8. The standard InChI is InChI=1S/2C14H11.2CH3.Si.Zr/c2*1-10-8-12-7-6-11-4-2-3-5-13(11)14(12)9-10;;;;/h2*2-7H,8H2,1H3;2*1H3;;/q4*-1;;. The first-order valence-electron chi connectivity index (χ1n) is 10.1. The summed E-state index contributed by atoms with van der Waals surface area (Å²) in [6.45, 7) is 7.36. The van der Waals surface area contributed by atoms with Gasteiger partial charge in [-0.3, -0.25) is 0 Å². The van der Waals surface area contributed by atoms with Gasteiger partial charge in [0.15, 0.2) is 0 Å². The van der Waals surface area contributed by atoms with Crippen molar-refractivity contribution in [1.29, 1.82) is 0 Å². The predicted molar refractivity (Wildman–Crippen MR) is 137 cm³/mol. The van der Waals surface area contributed by atoms with Crippen LogP contribution < -0.4 is 0 Å². The molecule has 4 aromatic rings. The molecule has 0 spiro atoms. The Hall–Kier alpha value is -2.02. The van der Waals surface area contributed by atoms with Gasteiger partial charge in [-0.25, -0.2) is 0 Å². The van der Waals surface area contributed by atoms with Gasteiger partial charge >= 0.3 is 30.2 Å². The molecule has 0 amide bonds. The molecular weight excluding hydrogens is 480 g/mol. The van der Waals surface area contributed by atoms with Gasteiger partial charge in [0.05, 0.1) is 0 Å². The fourth-order valence-corrected chi connectivity index (χ4v) is 4.31. The number of hydrogen-bond donors (Lipinski definition) is 0. The molecule has 4 aromatic carbocycles. The Morgan fingerprint density at radius 2 is 0.969 bits per heavy atom. The molecule has 2 aliphatic carbocycles. The molecule has 0 unspecified atom stereocenters. The monoisotopic (exact) mass is 506 g/mol. The molecule has 0 nitrogen and oxygen atoms in total. The van der Waals surface area contributed by atoms with E-state index in [-0.39, 0.29) is 14.9 Å². The summed E-state index contributed by atoms with van der Waals surface area (Å²) >= 11 is 1.36. The number of rotatable bonds is 0. The number of allylic oxidation sites excluding steroid dienone is 2. The Morgan fingerprint density at radius 1 is 0.594 bits per heavy atom. The van der Waals surface area contributed by atoms with Gasteiger partial charge in [-0.05, 0) is 0 Å². The van der Waals surface area contributed by atoms with Crippen molar-refractivity contribution in [3.05, 3.63) is 133 Å². The van der Waals surface area contributed by atoms with Gasteiger partial charge in [0.25, 0.3) is 0 Å².